The lowest BCUT2D eigenvalue weighted by Crippen LogP contribution is -2.20. The van der Waals surface area contributed by atoms with Gasteiger partial charge in [0.2, 0.25) is 0 Å². The van der Waals surface area contributed by atoms with Crippen molar-refractivity contribution in [3.05, 3.63) is 35.6 Å². The van der Waals surface area contributed by atoms with Gasteiger partial charge in [0.25, 0.3) is 0 Å². The van der Waals surface area contributed by atoms with Crippen LogP contribution in [0.1, 0.15) is 25.8 Å². The van der Waals surface area contributed by atoms with E-state index in [4.69, 9.17) is 5.90 Å². The average molecular weight is 197 g/mol. The third kappa shape index (κ3) is 2.79. The molecule has 0 bridgehead atoms. The second-order valence-electron chi connectivity index (χ2n) is 4.01. The molecule has 0 amide bonds. The number of hydrogen-bond acceptors (Lipinski definition) is 2. The summed E-state index contributed by atoms with van der Waals surface area (Å²) in [5.41, 5.74) is 1.06. The van der Waals surface area contributed by atoms with E-state index in [1.165, 1.54) is 12.1 Å². The predicted octanol–water partition coefficient (Wildman–Crippen LogP) is 2.38. The molecule has 0 heterocycles. The Balaban J connectivity index is 2.75. The summed E-state index contributed by atoms with van der Waals surface area (Å²) in [6, 6.07) is 6.54. The Kier molecular flexibility index (Phi) is 3.61. The molecule has 0 radical (unpaired) electrons. The van der Waals surface area contributed by atoms with Gasteiger partial charge in [0.1, 0.15) is 5.82 Å². The largest absolute Gasteiger partial charge is 0.305 e. The second-order valence-corrected chi connectivity index (χ2v) is 4.01. The first kappa shape index (κ1) is 11.1. The van der Waals surface area contributed by atoms with E-state index in [0.29, 0.717) is 6.61 Å². The van der Waals surface area contributed by atoms with Crippen molar-refractivity contribution in [1.82, 2.24) is 0 Å². The molecule has 0 aromatic heterocycles. The van der Waals surface area contributed by atoms with E-state index in [1.54, 1.807) is 12.1 Å². The van der Waals surface area contributed by atoms with Gasteiger partial charge in [0, 0.05) is 0 Å². The molecule has 1 rings (SSSR count). The van der Waals surface area contributed by atoms with E-state index in [2.05, 4.69) is 18.7 Å². The highest BCUT2D eigenvalue weighted by atomic mass is 19.1. The maximum absolute atomic E-state index is 12.7. The van der Waals surface area contributed by atoms with Crippen LogP contribution in [0.3, 0.4) is 0 Å². The molecule has 1 aromatic rings. The van der Waals surface area contributed by atoms with Gasteiger partial charge in [0.05, 0.1) is 6.61 Å². The molecule has 2 N–H and O–H groups in total. The fourth-order valence-corrected chi connectivity index (χ4v) is 1.36. The molecule has 2 nitrogen and oxygen atoms in total. The first-order chi connectivity index (χ1) is 6.56. The zero-order chi connectivity index (χ0) is 10.6. The van der Waals surface area contributed by atoms with Crippen molar-refractivity contribution in [1.29, 1.82) is 0 Å². The number of benzene rings is 1. The molecular weight excluding hydrogens is 181 g/mol. The molecular formula is C11H16FNO. The van der Waals surface area contributed by atoms with Gasteiger partial charge in [-0.05, 0) is 29.5 Å². The third-order valence-electron chi connectivity index (χ3n) is 2.47. The van der Waals surface area contributed by atoms with Gasteiger partial charge < -0.3 is 4.84 Å². The first-order valence-corrected chi connectivity index (χ1v) is 4.64. The molecule has 1 aromatic carbocycles. The number of nitrogens with two attached hydrogens (primary N) is 1. The van der Waals surface area contributed by atoms with E-state index in [1.807, 2.05) is 0 Å². The normalized spacial score (nSPS) is 11.7. The summed E-state index contributed by atoms with van der Waals surface area (Å²) >= 11 is 0. The lowest BCUT2D eigenvalue weighted by atomic mass is 9.82. The molecule has 0 spiro atoms. The van der Waals surface area contributed by atoms with Crippen LogP contribution in [0.5, 0.6) is 0 Å². The molecule has 0 atom stereocenters. The Morgan fingerprint density at radius 2 is 1.86 bits per heavy atom. The lowest BCUT2D eigenvalue weighted by molar-refractivity contribution is 0.121. The van der Waals surface area contributed by atoms with Crippen LogP contribution in [0.25, 0.3) is 0 Å². The summed E-state index contributed by atoms with van der Waals surface area (Å²) in [7, 11) is 0. The van der Waals surface area contributed by atoms with E-state index < -0.39 is 0 Å². The zero-order valence-corrected chi connectivity index (χ0v) is 8.59. The number of rotatable bonds is 4. The highest BCUT2D eigenvalue weighted by molar-refractivity contribution is 5.23. The van der Waals surface area contributed by atoms with Crippen LogP contribution in [-0.2, 0) is 10.3 Å². The summed E-state index contributed by atoms with van der Waals surface area (Å²) in [5.74, 6) is 4.77. The molecule has 0 unspecified atom stereocenters. The zero-order valence-electron chi connectivity index (χ0n) is 8.59. The number of halogens is 1. The van der Waals surface area contributed by atoms with Crippen LogP contribution in [0.4, 0.5) is 4.39 Å². The third-order valence-corrected chi connectivity index (χ3v) is 2.47. The van der Waals surface area contributed by atoms with Crippen molar-refractivity contribution in [2.75, 3.05) is 6.61 Å². The van der Waals surface area contributed by atoms with Crippen LogP contribution >= 0.6 is 0 Å². The van der Waals surface area contributed by atoms with Gasteiger partial charge in [-0.15, -0.1) is 0 Å². The Morgan fingerprint density at radius 1 is 1.29 bits per heavy atom. The summed E-state index contributed by atoms with van der Waals surface area (Å²) in [6.45, 7) is 4.67. The van der Waals surface area contributed by atoms with Crippen molar-refractivity contribution < 1.29 is 9.23 Å². The van der Waals surface area contributed by atoms with Gasteiger partial charge in [0.15, 0.2) is 0 Å². The summed E-state index contributed by atoms with van der Waals surface area (Å²) < 4.78 is 12.7. The van der Waals surface area contributed by atoms with Crippen molar-refractivity contribution in [2.24, 2.45) is 5.90 Å². The summed E-state index contributed by atoms with van der Waals surface area (Å²) in [6.07, 6.45) is 0.815. The minimum Gasteiger partial charge on any atom is -0.305 e. The lowest BCUT2D eigenvalue weighted by Gasteiger charge is -2.24. The molecule has 0 aliphatic heterocycles. The van der Waals surface area contributed by atoms with Gasteiger partial charge in [-0.2, -0.15) is 0 Å². The molecule has 0 fully saturated rings. The molecule has 78 valence electrons. The first-order valence-electron chi connectivity index (χ1n) is 4.64. The van der Waals surface area contributed by atoms with Crippen LogP contribution in [0.2, 0.25) is 0 Å². The second kappa shape index (κ2) is 4.53. The quantitative estimate of drug-likeness (QED) is 0.752. The highest BCUT2D eigenvalue weighted by Crippen LogP contribution is 2.26. The van der Waals surface area contributed by atoms with E-state index in [-0.39, 0.29) is 11.2 Å². The summed E-state index contributed by atoms with van der Waals surface area (Å²) in [4.78, 5) is 4.55. The van der Waals surface area contributed by atoms with Crippen molar-refractivity contribution in [3.8, 4) is 0 Å². The van der Waals surface area contributed by atoms with Crippen LogP contribution in [-0.4, -0.2) is 6.61 Å². The van der Waals surface area contributed by atoms with Crippen LogP contribution in [0, 0.1) is 5.82 Å². The predicted molar refractivity (Wildman–Crippen MR) is 54.2 cm³/mol. The Hall–Kier alpha value is -0.930. The standard InChI is InChI=1S/C11H16FNO/c1-11(2,7-8-14-13)9-3-5-10(12)6-4-9/h3-6H,7-8,13H2,1-2H3. The minimum atomic E-state index is -0.209. The Bertz CT molecular complexity index is 282. The van der Waals surface area contributed by atoms with E-state index >= 15 is 0 Å². The van der Waals surface area contributed by atoms with Gasteiger partial charge in [-0.3, -0.25) is 0 Å². The fourth-order valence-electron chi connectivity index (χ4n) is 1.36. The maximum atomic E-state index is 12.7. The Labute approximate surface area is 83.8 Å². The molecule has 0 aliphatic rings. The van der Waals surface area contributed by atoms with Gasteiger partial charge >= 0.3 is 0 Å². The topological polar surface area (TPSA) is 35.2 Å². The molecule has 0 saturated heterocycles. The van der Waals surface area contributed by atoms with E-state index in [9.17, 15) is 4.39 Å². The summed E-state index contributed by atoms with van der Waals surface area (Å²) in [5, 5.41) is 0. The van der Waals surface area contributed by atoms with Crippen molar-refractivity contribution >= 4 is 0 Å². The monoisotopic (exact) mass is 197 g/mol. The van der Waals surface area contributed by atoms with Crippen molar-refractivity contribution in [3.63, 3.8) is 0 Å². The highest BCUT2D eigenvalue weighted by Gasteiger charge is 2.19. The fraction of sp³-hybridized carbons (Fsp3) is 0.455. The van der Waals surface area contributed by atoms with Crippen molar-refractivity contribution in [2.45, 2.75) is 25.7 Å². The molecule has 14 heavy (non-hydrogen) atoms. The maximum Gasteiger partial charge on any atom is 0.123 e. The van der Waals surface area contributed by atoms with Crippen LogP contribution in [0.15, 0.2) is 24.3 Å². The molecule has 0 aliphatic carbocycles. The van der Waals surface area contributed by atoms with E-state index in [0.717, 1.165) is 12.0 Å². The molecule has 0 saturated carbocycles. The average Bonchev–Trinajstić information content (AvgIpc) is 2.16. The molecule has 3 heteroatoms. The van der Waals surface area contributed by atoms with Gasteiger partial charge in [-0.25, -0.2) is 10.3 Å². The minimum absolute atomic E-state index is 0.0347. The smallest absolute Gasteiger partial charge is 0.123 e. The van der Waals surface area contributed by atoms with Crippen LogP contribution < -0.4 is 5.90 Å². The van der Waals surface area contributed by atoms with Gasteiger partial charge in [-0.1, -0.05) is 26.0 Å². The number of hydrogen-bond donors (Lipinski definition) is 1. The Morgan fingerprint density at radius 3 is 2.36 bits per heavy atom. The SMILES string of the molecule is CC(C)(CCON)c1ccc(F)cc1.